The van der Waals surface area contributed by atoms with Gasteiger partial charge < -0.3 is 20.1 Å². The maximum atomic E-state index is 12.4. The van der Waals surface area contributed by atoms with Gasteiger partial charge in [-0.05, 0) is 30.2 Å². The average molecular weight is 376 g/mol. The number of fused-ring (bicyclic) bond motifs is 1. The Hall–Kier alpha value is -3.61. The molecule has 28 heavy (non-hydrogen) atoms. The highest BCUT2D eigenvalue weighted by Crippen LogP contribution is 2.32. The zero-order chi connectivity index (χ0) is 19.3. The number of nitrogens with zero attached hydrogens (tertiary/aromatic N) is 2. The summed E-state index contributed by atoms with van der Waals surface area (Å²) in [5, 5.41) is 6.01. The van der Waals surface area contributed by atoms with Crippen molar-refractivity contribution in [2.24, 2.45) is 0 Å². The SMILES string of the molecule is Cc1ccccc1CNc1cnc(C(=O)Nc2ccc3c(c2)OCCO3)cn1. The first-order valence-corrected chi connectivity index (χ1v) is 9.00. The summed E-state index contributed by atoms with van der Waals surface area (Å²) in [6, 6.07) is 13.4. The monoisotopic (exact) mass is 376 g/mol. The third kappa shape index (κ3) is 4.03. The number of nitrogens with one attached hydrogen (secondary N) is 2. The molecule has 2 heterocycles. The molecule has 0 radical (unpaired) electrons. The quantitative estimate of drug-likeness (QED) is 0.710. The van der Waals surface area contributed by atoms with Crippen LogP contribution in [-0.4, -0.2) is 29.1 Å². The number of carbonyl (C=O) groups is 1. The van der Waals surface area contributed by atoms with Crippen molar-refractivity contribution < 1.29 is 14.3 Å². The molecule has 7 heteroatoms. The van der Waals surface area contributed by atoms with Gasteiger partial charge in [0.05, 0.1) is 12.4 Å². The number of anilines is 2. The molecule has 0 atom stereocenters. The molecule has 1 aliphatic rings. The summed E-state index contributed by atoms with van der Waals surface area (Å²) in [7, 11) is 0. The van der Waals surface area contributed by atoms with Crippen LogP contribution in [0.4, 0.5) is 11.5 Å². The van der Waals surface area contributed by atoms with Crippen molar-refractivity contribution in [2.45, 2.75) is 13.5 Å². The van der Waals surface area contributed by atoms with Crippen molar-refractivity contribution in [1.29, 1.82) is 0 Å². The van der Waals surface area contributed by atoms with Crippen LogP contribution in [0.3, 0.4) is 0 Å². The third-order valence-corrected chi connectivity index (χ3v) is 4.41. The van der Waals surface area contributed by atoms with Crippen molar-refractivity contribution in [3.8, 4) is 11.5 Å². The molecule has 4 rings (SSSR count). The summed E-state index contributed by atoms with van der Waals surface area (Å²) < 4.78 is 11.0. The highest BCUT2D eigenvalue weighted by molar-refractivity contribution is 6.02. The lowest BCUT2D eigenvalue weighted by atomic mass is 10.1. The number of aryl methyl sites for hydroxylation is 1. The molecule has 0 saturated carbocycles. The molecule has 2 N–H and O–H groups in total. The Bertz CT molecular complexity index is 989. The van der Waals surface area contributed by atoms with E-state index in [1.165, 1.54) is 17.3 Å². The summed E-state index contributed by atoms with van der Waals surface area (Å²) in [5.74, 6) is 1.56. The standard InChI is InChI=1S/C21H20N4O3/c1-14-4-2-3-5-15(14)11-23-20-13-22-17(12-24-20)21(26)25-16-6-7-18-19(10-16)28-9-8-27-18/h2-7,10,12-13H,8-9,11H2,1H3,(H,23,24)(H,25,26). The maximum Gasteiger partial charge on any atom is 0.275 e. The van der Waals surface area contributed by atoms with E-state index in [9.17, 15) is 4.79 Å². The number of hydrogen-bond donors (Lipinski definition) is 2. The van der Waals surface area contributed by atoms with Crippen LogP contribution < -0.4 is 20.1 Å². The van der Waals surface area contributed by atoms with Crippen LogP contribution in [0.15, 0.2) is 54.9 Å². The smallest absolute Gasteiger partial charge is 0.275 e. The molecule has 3 aromatic rings. The molecule has 0 spiro atoms. The molecule has 7 nitrogen and oxygen atoms in total. The van der Waals surface area contributed by atoms with Gasteiger partial charge >= 0.3 is 0 Å². The largest absolute Gasteiger partial charge is 0.486 e. The zero-order valence-corrected chi connectivity index (χ0v) is 15.4. The first-order valence-electron chi connectivity index (χ1n) is 9.00. The highest BCUT2D eigenvalue weighted by atomic mass is 16.6. The Labute approximate surface area is 162 Å². The van der Waals surface area contributed by atoms with Crippen LogP contribution in [0, 0.1) is 6.92 Å². The number of hydrogen-bond acceptors (Lipinski definition) is 6. The predicted molar refractivity (Wildman–Crippen MR) is 106 cm³/mol. The average Bonchev–Trinajstić information content (AvgIpc) is 2.73. The minimum Gasteiger partial charge on any atom is -0.486 e. The van der Waals surface area contributed by atoms with E-state index >= 15 is 0 Å². The summed E-state index contributed by atoms with van der Waals surface area (Å²) in [4.78, 5) is 20.9. The van der Waals surface area contributed by atoms with E-state index in [1.807, 2.05) is 12.1 Å². The molecule has 0 fully saturated rings. The van der Waals surface area contributed by atoms with E-state index in [-0.39, 0.29) is 11.6 Å². The van der Waals surface area contributed by atoms with Crippen molar-refractivity contribution >= 4 is 17.4 Å². The number of amides is 1. The van der Waals surface area contributed by atoms with E-state index in [1.54, 1.807) is 24.4 Å². The lowest BCUT2D eigenvalue weighted by Crippen LogP contribution is -2.17. The van der Waals surface area contributed by atoms with E-state index in [0.717, 1.165) is 0 Å². The van der Waals surface area contributed by atoms with E-state index in [2.05, 4.69) is 39.7 Å². The fraction of sp³-hybridized carbons (Fsp3) is 0.190. The molecule has 0 aliphatic carbocycles. The third-order valence-electron chi connectivity index (χ3n) is 4.41. The first-order chi connectivity index (χ1) is 13.7. The van der Waals surface area contributed by atoms with Crippen LogP contribution in [0.5, 0.6) is 11.5 Å². The van der Waals surface area contributed by atoms with Gasteiger partial charge in [0, 0.05) is 18.3 Å². The topological polar surface area (TPSA) is 85.4 Å². The van der Waals surface area contributed by atoms with Crippen LogP contribution in [0.1, 0.15) is 21.6 Å². The fourth-order valence-corrected chi connectivity index (χ4v) is 2.85. The number of benzene rings is 2. The minimum atomic E-state index is -0.338. The van der Waals surface area contributed by atoms with Gasteiger partial charge in [0.1, 0.15) is 24.7 Å². The van der Waals surface area contributed by atoms with E-state index in [4.69, 9.17) is 9.47 Å². The predicted octanol–water partition coefficient (Wildman–Crippen LogP) is 3.42. The second kappa shape index (κ2) is 7.96. The van der Waals surface area contributed by atoms with Gasteiger partial charge in [0.25, 0.3) is 5.91 Å². The van der Waals surface area contributed by atoms with Gasteiger partial charge in [0.15, 0.2) is 11.5 Å². The highest BCUT2D eigenvalue weighted by Gasteiger charge is 2.14. The summed E-state index contributed by atoms with van der Waals surface area (Å²) in [5.41, 5.74) is 3.23. The van der Waals surface area contributed by atoms with Crippen LogP contribution in [0.25, 0.3) is 0 Å². The normalized spacial score (nSPS) is 12.3. The summed E-state index contributed by atoms with van der Waals surface area (Å²) in [6.45, 7) is 3.73. The van der Waals surface area contributed by atoms with Gasteiger partial charge in [0.2, 0.25) is 0 Å². The van der Waals surface area contributed by atoms with Crippen molar-refractivity contribution in [2.75, 3.05) is 23.8 Å². The molecule has 142 valence electrons. The van der Waals surface area contributed by atoms with E-state index < -0.39 is 0 Å². The molecular formula is C21H20N4O3. The Balaban J connectivity index is 1.38. The van der Waals surface area contributed by atoms with Gasteiger partial charge in [-0.1, -0.05) is 24.3 Å². The number of carbonyl (C=O) groups excluding carboxylic acids is 1. The molecule has 2 aromatic carbocycles. The minimum absolute atomic E-state index is 0.233. The van der Waals surface area contributed by atoms with Crippen molar-refractivity contribution in [3.05, 3.63) is 71.7 Å². The Morgan fingerprint density at radius 1 is 1.04 bits per heavy atom. The molecular weight excluding hydrogens is 356 g/mol. The van der Waals surface area contributed by atoms with Crippen LogP contribution in [-0.2, 0) is 6.54 Å². The molecule has 1 amide bonds. The fourth-order valence-electron chi connectivity index (χ4n) is 2.85. The summed E-state index contributed by atoms with van der Waals surface area (Å²) in [6.07, 6.45) is 3.00. The van der Waals surface area contributed by atoms with Crippen molar-refractivity contribution in [3.63, 3.8) is 0 Å². The summed E-state index contributed by atoms with van der Waals surface area (Å²) >= 11 is 0. The first kappa shape index (κ1) is 17.8. The lowest BCUT2D eigenvalue weighted by molar-refractivity contribution is 0.102. The van der Waals surface area contributed by atoms with E-state index in [0.29, 0.717) is 42.8 Å². The second-order valence-corrected chi connectivity index (χ2v) is 6.38. The molecule has 1 aliphatic heterocycles. The lowest BCUT2D eigenvalue weighted by Gasteiger charge is -2.18. The van der Waals surface area contributed by atoms with Gasteiger partial charge in [-0.15, -0.1) is 0 Å². The van der Waals surface area contributed by atoms with Crippen molar-refractivity contribution in [1.82, 2.24) is 9.97 Å². The number of rotatable bonds is 5. The Morgan fingerprint density at radius 2 is 1.86 bits per heavy atom. The molecule has 0 bridgehead atoms. The molecule has 0 unspecified atom stereocenters. The van der Waals surface area contributed by atoms with Gasteiger partial charge in [-0.2, -0.15) is 0 Å². The zero-order valence-electron chi connectivity index (χ0n) is 15.4. The van der Waals surface area contributed by atoms with Crippen LogP contribution >= 0.6 is 0 Å². The Morgan fingerprint density at radius 3 is 2.64 bits per heavy atom. The number of ether oxygens (including phenoxy) is 2. The molecule has 1 aromatic heterocycles. The Kier molecular flexibility index (Phi) is 5.05. The van der Waals surface area contributed by atoms with Crippen LogP contribution in [0.2, 0.25) is 0 Å². The maximum absolute atomic E-state index is 12.4. The second-order valence-electron chi connectivity index (χ2n) is 6.38. The molecule has 0 saturated heterocycles. The van der Waals surface area contributed by atoms with Gasteiger partial charge in [-0.3, -0.25) is 4.79 Å². The van der Waals surface area contributed by atoms with Gasteiger partial charge in [-0.25, -0.2) is 9.97 Å². The number of aromatic nitrogens is 2.